The lowest BCUT2D eigenvalue weighted by atomic mass is 10.1. The molecule has 0 aromatic carbocycles. The summed E-state index contributed by atoms with van der Waals surface area (Å²) in [4.78, 5) is 20.5. The first-order valence-corrected chi connectivity index (χ1v) is 8.23. The normalized spacial score (nSPS) is 19.7. The zero-order valence-corrected chi connectivity index (χ0v) is 13.5. The third-order valence-corrected chi connectivity index (χ3v) is 4.73. The molecule has 0 bridgehead atoms. The molecule has 23 heavy (non-hydrogen) atoms. The standard InChI is InChI=1S/C17H22N6/c1-14-10-18-11-17(20-14)23-12-15(13-23)21-6-8-22(9-7-21)16-4-2-3-5-19-16/h2-5,10-11,15H,6-9,12-13H2,1H3. The highest BCUT2D eigenvalue weighted by Gasteiger charge is 2.34. The van der Waals surface area contributed by atoms with Crippen LogP contribution in [0.5, 0.6) is 0 Å². The number of piperazine rings is 1. The molecule has 0 atom stereocenters. The number of aromatic nitrogens is 3. The molecule has 2 aliphatic heterocycles. The first kappa shape index (κ1) is 14.4. The molecule has 2 aromatic rings. The number of nitrogens with zero attached hydrogens (tertiary/aromatic N) is 6. The molecule has 0 amide bonds. The zero-order chi connectivity index (χ0) is 15.6. The molecule has 4 heterocycles. The minimum atomic E-state index is 0.642. The zero-order valence-electron chi connectivity index (χ0n) is 13.5. The van der Waals surface area contributed by atoms with Gasteiger partial charge in [-0.2, -0.15) is 0 Å². The van der Waals surface area contributed by atoms with Gasteiger partial charge in [0, 0.05) is 57.7 Å². The van der Waals surface area contributed by atoms with Gasteiger partial charge in [-0.25, -0.2) is 9.97 Å². The SMILES string of the molecule is Cc1cncc(N2CC(N3CCN(c4ccccn4)CC3)C2)n1. The van der Waals surface area contributed by atoms with Crippen molar-refractivity contribution >= 4 is 11.6 Å². The Balaban J connectivity index is 1.29. The van der Waals surface area contributed by atoms with Gasteiger partial charge in [0.25, 0.3) is 0 Å². The summed E-state index contributed by atoms with van der Waals surface area (Å²) in [7, 11) is 0. The summed E-state index contributed by atoms with van der Waals surface area (Å²) >= 11 is 0. The average Bonchev–Trinajstić information content (AvgIpc) is 2.55. The van der Waals surface area contributed by atoms with Crippen LogP contribution in [0.1, 0.15) is 5.69 Å². The summed E-state index contributed by atoms with van der Waals surface area (Å²) in [6, 6.07) is 6.76. The van der Waals surface area contributed by atoms with Gasteiger partial charge in [0.05, 0.1) is 11.9 Å². The molecule has 0 aliphatic carbocycles. The molecule has 4 rings (SSSR count). The second kappa shape index (κ2) is 6.12. The largest absolute Gasteiger partial charge is 0.354 e. The van der Waals surface area contributed by atoms with Gasteiger partial charge in [0.2, 0.25) is 0 Å². The molecule has 2 fully saturated rings. The highest BCUT2D eigenvalue weighted by atomic mass is 15.4. The second-order valence-electron chi connectivity index (χ2n) is 6.29. The quantitative estimate of drug-likeness (QED) is 0.849. The van der Waals surface area contributed by atoms with Gasteiger partial charge in [-0.1, -0.05) is 6.07 Å². The van der Waals surface area contributed by atoms with Crippen molar-refractivity contribution in [1.82, 2.24) is 19.9 Å². The van der Waals surface area contributed by atoms with Crippen molar-refractivity contribution in [3.8, 4) is 0 Å². The highest BCUT2D eigenvalue weighted by molar-refractivity contribution is 5.41. The summed E-state index contributed by atoms with van der Waals surface area (Å²) in [5.74, 6) is 2.10. The lowest BCUT2D eigenvalue weighted by Crippen LogP contribution is -2.63. The highest BCUT2D eigenvalue weighted by Crippen LogP contribution is 2.23. The molecule has 2 aromatic heterocycles. The van der Waals surface area contributed by atoms with Crippen LogP contribution in [0, 0.1) is 6.92 Å². The monoisotopic (exact) mass is 310 g/mol. The van der Waals surface area contributed by atoms with E-state index in [2.05, 4.69) is 41.8 Å². The van der Waals surface area contributed by atoms with E-state index in [1.165, 1.54) is 0 Å². The maximum atomic E-state index is 4.55. The molecule has 0 saturated carbocycles. The van der Waals surface area contributed by atoms with Crippen molar-refractivity contribution < 1.29 is 0 Å². The molecule has 2 saturated heterocycles. The first-order valence-electron chi connectivity index (χ1n) is 8.23. The van der Waals surface area contributed by atoms with Gasteiger partial charge in [0.15, 0.2) is 0 Å². The summed E-state index contributed by atoms with van der Waals surface area (Å²) in [5.41, 5.74) is 0.981. The van der Waals surface area contributed by atoms with Crippen LogP contribution in [0.4, 0.5) is 11.6 Å². The van der Waals surface area contributed by atoms with E-state index in [9.17, 15) is 0 Å². The molecular weight excluding hydrogens is 288 g/mol. The van der Waals surface area contributed by atoms with Gasteiger partial charge < -0.3 is 9.80 Å². The maximum Gasteiger partial charge on any atom is 0.147 e. The minimum Gasteiger partial charge on any atom is -0.354 e. The number of hydrogen-bond acceptors (Lipinski definition) is 6. The summed E-state index contributed by atoms with van der Waals surface area (Å²) in [5, 5.41) is 0. The fraction of sp³-hybridized carbons (Fsp3) is 0.471. The topological polar surface area (TPSA) is 48.4 Å². The van der Waals surface area contributed by atoms with Gasteiger partial charge in [-0.05, 0) is 19.1 Å². The Kier molecular flexibility index (Phi) is 3.83. The third kappa shape index (κ3) is 2.99. The Bertz CT molecular complexity index is 647. The third-order valence-electron chi connectivity index (χ3n) is 4.73. The number of aryl methyl sites for hydroxylation is 1. The van der Waals surface area contributed by atoms with E-state index < -0.39 is 0 Å². The van der Waals surface area contributed by atoms with Gasteiger partial charge in [0.1, 0.15) is 11.6 Å². The molecule has 0 spiro atoms. The molecule has 6 heteroatoms. The van der Waals surface area contributed by atoms with Gasteiger partial charge in [-0.15, -0.1) is 0 Å². The van der Waals surface area contributed by atoms with Crippen molar-refractivity contribution in [2.24, 2.45) is 0 Å². The Labute approximate surface area is 136 Å². The fourth-order valence-corrected chi connectivity index (χ4v) is 3.33. The van der Waals surface area contributed by atoms with E-state index in [1.54, 1.807) is 6.20 Å². The van der Waals surface area contributed by atoms with E-state index >= 15 is 0 Å². The van der Waals surface area contributed by atoms with E-state index in [0.717, 1.165) is 56.6 Å². The van der Waals surface area contributed by atoms with Crippen molar-refractivity contribution in [2.75, 3.05) is 49.1 Å². The number of hydrogen-bond donors (Lipinski definition) is 0. The lowest BCUT2D eigenvalue weighted by Gasteiger charge is -2.48. The van der Waals surface area contributed by atoms with Gasteiger partial charge >= 0.3 is 0 Å². The van der Waals surface area contributed by atoms with E-state index in [0.29, 0.717) is 6.04 Å². The van der Waals surface area contributed by atoms with Crippen LogP contribution < -0.4 is 9.80 Å². The Hall–Kier alpha value is -2.21. The van der Waals surface area contributed by atoms with Crippen LogP contribution in [-0.4, -0.2) is 65.2 Å². The van der Waals surface area contributed by atoms with Crippen LogP contribution in [0.3, 0.4) is 0 Å². The average molecular weight is 310 g/mol. The summed E-state index contributed by atoms with van der Waals surface area (Å²) in [6.07, 6.45) is 5.54. The first-order chi connectivity index (χ1) is 11.3. The van der Waals surface area contributed by atoms with Crippen molar-refractivity contribution in [2.45, 2.75) is 13.0 Å². The number of rotatable bonds is 3. The molecule has 2 aliphatic rings. The van der Waals surface area contributed by atoms with Crippen LogP contribution in [-0.2, 0) is 0 Å². The fourth-order valence-electron chi connectivity index (χ4n) is 3.33. The second-order valence-corrected chi connectivity index (χ2v) is 6.29. The van der Waals surface area contributed by atoms with Crippen molar-refractivity contribution in [1.29, 1.82) is 0 Å². The molecule has 6 nitrogen and oxygen atoms in total. The summed E-state index contributed by atoms with van der Waals surface area (Å²) in [6.45, 7) is 8.42. The molecular formula is C17H22N6. The van der Waals surface area contributed by atoms with Crippen molar-refractivity contribution in [3.63, 3.8) is 0 Å². The van der Waals surface area contributed by atoms with Crippen LogP contribution in [0.15, 0.2) is 36.8 Å². The predicted molar refractivity (Wildman–Crippen MR) is 90.8 cm³/mol. The van der Waals surface area contributed by atoms with Crippen LogP contribution in [0.25, 0.3) is 0 Å². The smallest absolute Gasteiger partial charge is 0.147 e. The molecule has 0 N–H and O–H groups in total. The van der Waals surface area contributed by atoms with E-state index in [-0.39, 0.29) is 0 Å². The molecule has 120 valence electrons. The minimum absolute atomic E-state index is 0.642. The Morgan fingerprint density at radius 3 is 2.48 bits per heavy atom. The van der Waals surface area contributed by atoms with E-state index in [1.807, 2.05) is 25.4 Å². The number of anilines is 2. The predicted octanol–water partition coefficient (Wildman–Crippen LogP) is 1.19. The van der Waals surface area contributed by atoms with Crippen molar-refractivity contribution in [3.05, 3.63) is 42.5 Å². The van der Waals surface area contributed by atoms with E-state index in [4.69, 9.17) is 0 Å². The summed E-state index contributed by atoms with van der Waals surface area (Å²) < 4.78 is 0. The van der Waals surface area contributed by atoms with Gasteiger partial charge in [-0.3, -0.25) is 9.88 Å². The van der Waals surface area contributed by atoms with Crippen LogP contribution >= 0.6 is 0 Å². The Morgan fingerprint density at radius 2 is 1.78 bits per heavy atom. The van der Waals surface area contributed by atoms with Crippen LogP contribution in [0.2, 0.25) is 0 Å². The maximum absolute atomic E-state index is 4.55. The molecule has 0 unspecified atom stereocenters. The lowest BCUT2D eigenvalue weighted by molar-refractivity contribution is 0.156. The number of pyridine rings is 1. The Morgan fingerprint density at radius 1 is 0.957 bits per heavy atom. The molecule has 0 radical (unpaired) electrons.